The summed E-state index contributed by atoms with van der Waals surface area (Å²) in [6.45, 7) is -0.394. The van der Waals surface area contributed by atoms with Crippen molar-refractivity contribution in [1.29, 1.82) is 0 Å². The summed E-state index contributed by atoms with van der Waals surface area (Å²) < 4.78 is 0. The van der Waals surface area contributed by atoms with E-state index in [0.29, 0.717) is 16.8 Å². The van der Waals surface area contributed by atoms with Gasteiger partial charge in [-0.1, -0.05) is 97.1 Å². The number of hydrogen-bond acceptors (Lipinski definition) is 3. The van der Waals surface area contributed by atoms with Gasteiger partial charge in [0.1, 0.15) is 6.54 Å². The number of rotatable bonds is 5. The molecule has 162 valence electrons. The molecule has 4 amide bonds. The molecule has 0 saturated carbocycles. The van der Waals surface area contributed by atoms with Gasteiger partial charge in [0.2, 0.25) is 5.91 Å². The number of benzene rings is 4. The normalized spacial score (nSPS) is 14.8. The number of amides is 4. The molecule has 0 bridgehead atoms. The van der Waals surface area contributed by atoms with E-state index in [2.05, 4.69) is 10.6 Å². The van der Waals surface area contributed by atoms with Crippen LogP contribution < -0.4 is 10.6 Å². The lowest BCUT2D eigenvalue weighted by atomic mass is 9.82. The molecule has 0 spiro atoms. The second kappa shape index (κ2) is 8.24. The van der Waals surface area contributed by atoms with Gasteiger partial charge in [0.05, 0.1) is 0 Å². The van der Waals surface area contributed by atoms with Crippen LogP contribution in [0.3, 0.4) is 0 Å². The van der Waals surface area contributed by atoms with Crippen LogP contribution in [0.1, 0.15) is 11.1 Å². The summed E-state index contributed by atoms with van der Waals surface area (Å²) in [4.78, 5) is 40.5. The molecule has 5 rings (SSSR count). The van der Waals surface area contributed by atoms with Crippen molar-refractivity contribution < 1.29 is 14.4 Å². The molecule has 2 N–H and O–H groups in total. The minimum Gasteiger partial charge on any atom is -0.324 e. The van der Waals surface area contributed by atoms with Gasteiger partial charge < -0.3 is 10.6 Å². The number of fused-ring (bicyclic) bond motifs is 1. The Morgan fingerprint density at radius 1 is 0.758 bits per heavy atom. The fourth-order valence-corrected chi connectivity index (χ4v) is 4.32. The van der Waals surface area contributed by atoms with Crippen molar-refractivity contribution in [3.8, 4) is 0 Å². The van der Waals surface area contributed by atoms with E-state index in [1.165, 1.54) is 0 Å². The SMILES string of the molecule is O=C(CN1C(=O)NC(c2ccccc2)(c2ccccc2)C1=O)Nc1cccc2ccccc12. The summed E-state index contributed by atoms with van der Waals surface area (Å²) in [6.07, 6.45) is 0. The zero-order valence-corrected chi connectivity index (χ0v) is 17.7. The molecule has 1 heterocycles. The number of nitrogens with one attached hydrogen (secondary N) is 2. The maximum absolute atomic E-state index is 13.7. The predicted molar refractivity (Wildman–Crippen MR) is 126 cm³/mol. The van der Waals surface area contributed by atoms with Gasteiger partial charge in [-0.3, -0.25) is 14.5 Å². The third-order valence-electron chi connectivity index (χ3n) is 5.88. The maximum atomic E-state index is 13.7. The predicted octanol–water partition coefficient (Wildman–Crippen LogP) is 4.27. The second-order valence-electron chi connectivity index (χ2n) is 7.88. The van der Waals surface area contributed by atoms with E-state index in [-0.39, 0.29) is 0 Å². The van der Waals surface area contributed by atoms with Crippen molar-refractivity contribution in [2.75, 3.05) is 11.9 Å². The number of urea groups is 1. The Morgan fingerprint density at radius 3 is 2.00 bits per heavy atom. The first kappa shape index (κ1) is 20.5. The summed E-state index contributed by atoms with van der Waals surface area (Å²) in [5, 5.41) is 7.57. The molecule has 0 unspecified atom stereocenters. The first-order valence-corrected chi connectivity index (χ1v) is 10.6. The van der Waals surface area contributed by atoms with Crippen molar-refractivity contribution >= 4 is 34.3 Å². The summed E-state index contributed by atoms with van der Waals surface area (Å²) in [6, 6.07) is 30.8. The molecular weight excluding hydrogens is 414 g/mol. The molecule has 1 aliphatic heterocycles. The highest BCUT2D eigenvalue weighted by atomic mass is 16.2. The fraction of sp³-hybridized carbons (Fsp3) is 0.0741. The number of carbonyl (C=O) groups excluding carboxylic acids is 3. The molecule has 0 aromatic heterocycles. The molecule has 4 aromatic rings. The quantitative estimate of drug-likeness (QED) is 0.460. The molecule has 6 heteroatoms. The van der Waals surface area contributed by atoms with Gasteiger partial charge in [-0.05, 0) is 22.6 Å². The molecular formula is C27H21N3O3. The van der Waals surface area contributed by atoms with Crippen molar-refractivity contribution in [2.24, 2.45) is 0 Å². The molecule has 6 nitrogen and oxygen atoms in total. The van der Waals surface area contributed by atoms with Crippen LogP contribution in [0.2, 0.25) is 0 Å². The number of carbonyl (C=O) groups is 3. The lowest BCUT2D eigenvalue weighted by Crippen LogP contribution is -2.45. The van der Waals surface area contributed by atoms with Gasteiger partial charge in [0.25, 0.3) is 5.91 Å². The molecule has 1 saturated heterocycles. The summed E-state index contributed by atoms with van der Waals surface area (Å²) in [5.41, 5.74) is 0.500. The van der Waals surface area contributed by atoms with Gasteiger partial charge in [-0.15, -0.1) is 0 Å². The Kier molecular flexibility index (Phi) is 5.11. The lowest BCUT2D eigenvalue weighted by Gasteiger charge is -2.28. The third kappa shape index (κ3) is 3.51. The topological polar surface area (TPSA) is 78.5 Å². The van der Waals surface area contributed by atoms with E-state index in [0.717, 1.165) is 15.7 Å². The van der Waals surface area contributed by atoms with E-state index in [9.17, 15) is 14.4 Å². The van der Waals surface area contributed by atoms with Crippen molar-refractivity contribution in [2.45, 2.75) is 5.54 Å². The largest absolute Gasteiger partial charge is 0.326 e. The zero-order valence-electron chi connectivity index (χ0n) is 17.7. The highest BCUT2D eigenvalue weighted by molar-refractivity contribution is 6.12. The van der Waals surface area contributed by atoms with Crippen LogP contribution in [-0.4, -0.2) is 29.3 Å². The molecule has 0 aliphatic carbocycles. The Morgan fingerprint density at radius 2 is 1.33 bits per heavy atom. The van der Waals surface area contributed by atoms with E-state index >= 15 is 0 Å². The molecule has 4 aromatic carbocycles. The lowest BCUT2D eigenvalue weighted by molar-refractivity contribution is -0.133. The van der Waals surface area contributed by atoms with Gasteiger partial charge in [-0.2, -0.15) is 0 Å². The molecule has 33 heavy (non-hydrogen) atoms. The van der Waals surface area contributed by atoms with Crippen LogP contribution in [0.15, 0.2) is 103 Å². The van der Waals surface area contributed by atoms with Crippen LogP contribution >= 0.6 is 0 Å². The first-order chi connectivity index (χ1) is 16.1. The van der Waals surface area contributed by atoms with Gasteiger partial charge in [0.15, 0.2) is 5.54 Å². The van der Waals surface area contributed by atoms with E-state index in [4.69, 9.17) is 0 Å². The van der Waals surface area contributed by atoms with Crippen LogP contribution in [0.4, 0.5) is 10.5 Å². The molecule has 0 radical (unpaired) electrons. The molecule has 0 atom stereocenters. The second-order valence-corrected chi connectivity index (χ2v) is 7.88. The van der Waals surface area contributed by atoms with Gasteiger partial charge in [0, 0.05) is 11.1 Å². The van der Waals surface area contributed by atoms with Crippen molar-refractivity contribution in [3.63, 3.8) is 0 Å². The third-order valence-corrected chi connectivity index (χ3v) is 5.88. The minimum atomic E-state index is -1.39. The Balaban J connectivity index is 1.45. The Bertz CT molecular complexity index is 1310. The highest BCUT2D eigenvalue weighted by Crippen LogP contribution is 2.36. The fourth-order valence-electron chi connectivity index (χ4n) is 4.32. The van der Waals surface area contributed by atoms with E-state index in [1.807, 2.05) is 72.8 Å². The van der Waals surface area contributed by atoms with Crippen LogP contribution in [-0.2, 0) is 15.1 Å². The summed E-state index contributed by atoms with van der Waals surface area (Å²) in [5.74, 6) is -0.940. The van der Waals surface area contributed by atoms with Crippen molar-refractivity contribution in [3.05, 3.63) is 114 Å². The first-order valence-electron chi connectivity index (χ1n) is 10.6. The molecule has 1 fully saturated rings. The van der Waals surface area contributed by atoms with Crippen molar-refractivity contribution in [1.82, 2.24) is 10.2 Å². The maximum Gasteiger partial charge on any atom is 0.326 e. The number of anilines is 1. The van der Waals surface area contributed by atoms with E-state index < -0.39 is 29.9 Å². The van der Waals surface area contributed by atoms with Crippen LogP contribution in [0.25, 0.3) is 10.8 Å². The van der Waals surface area contributed by atoms with Gasteiger partial charge >= 0.3 is 6.03 Å². The van der Waals surface area contributed by atoms with Gasteiger partial charge in [-0.25, -0.2) is 4.79 Å². The monoisotopic (exact) mass is 435 g/mol. The Labute approximate surface area is 190 Å². The Hall–Kier alpha value is -4.45. The zero-order chi connectivity index (χ0) is 22.8. The van der Waals surface area contributed by atoms with E-state index in [1.54, 1.807) is 30.3 Å². The smallest absolute Gasteiger partial charge is 0.324 e. The standard InChI is InChI=1S/C27H21N3O3/c31-24(28-23-17-9-11-19-10-7-8-16-22(19)23)18-30-25(32)27(29-26(30)33,20-12-3-1-4-13-20)21-14-5-2-6-15-21/h1-17H,18H2,(H,28,31)(H,29,33). The molecule has 1 aliphatic rings. The summed E-state index contributed by atoms with van der Waals surface area (Å²) >= 11 is 0. The minimum absolute atomic E-state index is 0.394. The highest BCUT2D eigenvalue weighted by Gasteiger charge is 2.54. The number of nitrogens with zero attached hydrogens (tertiary/aromatic N) is 1. The number of hydrogen-bond donors (Lipinski definition) is 2. The average molecular weight is 435 g/mol. The average Bonchev–Trinajstić information content (AvgIpc) is 3.11. The van der Waals surface area contributed by atoms with Crippen LogP contribution in [0.5, 0.6) is 0 Å². The summed E-state index contributed by atoms with van der Waals surface area (Å²) in [7, 11) is 0. The number of imide groups is 1. The van der Waals surface area contributed by atoms with Crippen LogP contribution in [0, 0.1) is 0 Å².